The number of likely N-dealkylation sites (tertiary alicyclic amines) is 1. The van der Waals surface area contributed by atoms with Gasteiger partial charge in [0.25, 0.3) is 5.91 Å². The van der Waals surface area contributed by atoms with E-state index in [0.717, 1.165) is 44.1 Å². The van der Waals surface area contributed by atoms with Crippen molar-refractivity contribution >= 4 is 12.0 Å². The fourth-order valence-corrected chi connectivity index (χ4v) is 5.23. The molecule has 3 aliphatic rings. The number of carbonyl (C=O) groups excluding carboxylic acids is 2. The molecule has 0 radical (unpaired) electrons. The van der Waals surface area contributed by atoms with Crippen LogP contribution in [0.4, 0.5) is 4.79 Å². The van der Waals surface area contributed by atoms with E-state index in [2.05, 4.69) is 38.2 Å². The number of rotatable bonds is 7. The van der Waals surface area contributed by atoms with Crippen LogP contribution < -0.4 is 14.8 Å². The van der Waals surface area contributed by atoms with Gasteiger partial charge in [0.2, 0.25) is 0 Å². The first-order valence-electron chi connectivity index (χ1n) is 13.3. The molecular weight excluding hydrogens is 456 g/mol. The second kappa shape index (κ2) is 11.1. The summed E-state index contributed by atoms with van der Waals surface area (Å²) in [5.41, 5.74) is 3.76. The summed E-state index contributed by atoms with van der Waals surface area (Å²) in [4.78, 5) is 27.1. The summed E-state index contributed by atoms with van der Waals surface area (Å²) in [6.45, 7) is 10.00. The number of ether oxygens (including phenoxy) is 2. The molecule has 0 saturated carbocycles. The lowest BCUT2D eigenvalue weighted by atomic mass is 9.84. The van der Waals surface area contributed by atoms with Crippen molar-refractivity contribution in [2.45, 2.75) is 97.3 Å². The van der Waals surface area contributed by atoms with E-state index in [1.807, 2.05) is 6.92 Å². The summed E-state index contributed by atoms with van der Waals surface area (Å²) in [5.74, 6) is 0.686. The van der Waals surface area contributed by atoms with Gasteiger partial charge in [0, 0.05) is 37.2 Å². The van der Waals surface area contributed by atoms with Gasteiger partial charge in [0.15, 0.2) is 0 Å². The summed E-state index contributed by atoms with van der Waals surface area (Å²) in [5, 5.41) is 14.0. The van der Waals surface area contributed by atoms with Gasteiger partial charge in [-0.05, 0) is 78.7 Å². The Kier molecular flexibility index (Phi) is 8.08. The number of allylic oxidation sites excluding steroid dienone is 4. The minimum absolute atomic E-state index is 0.200. The zero-order valence-electron chi connectivity index (χ0n) is 22.1. The van der Waals surface area contributed by atoms with Crippen molar-refractivity contribution in [2.75, 3.05) is 13.1 Å². The van der Waals surface area contributed by atoms with Gasteiger partial charge < -0.3 is 24.8 Å². The third-order valence-electron chi connectivity index (χ3n) is 7.59. The number of nitrogens with zero attached hydrogens (tertiary/aromatic N) is 1. The number of hydrogen-bond acceptors (Lipinski definition) is 5. The molecule has 0 bridgehead atoms. The Morgan fingerprint density at radius 2 is 1.94 bits per heavy atom. The monoisotopic (exact) mass is 496 g/mol. The van der Waals surface area contributed by atoms with Gasteiger partial charge in [-0.3, -0.25) is 4.79 Å². The molecule has 3 aliphatic heterocycles. The van der Waals surface area contributed by atoms with Crippen molar-refractivity contribution in [3.8, 4) is 11.5 Å². The molecule has 1 aromatic carbocycles. The SMILES string of the molecule is CC(C)=CCC/C(C)=C/CC[C@@]1(C)Oc2c(c(OC(=O)N3CCCCC3)cc3c2CNC3=O)C[C@@H]1O. The molecule has 0 spiro atoms. The molecule has 2 atom stereocenters. The highest BCUT2D eigenvalue weighted by Crippen LogP contribution is 2.45. The summed E-state index contributed by atoms with van der Waals surface area (Å²) < 4.78 is 12.3. The van der Waals surface area contributed by atoms with Crippen LogP contribution in [0.25, 0.3) is 0 Å². The standard InChI is InChI=1S/C29H40N2O5/c1-19(2)10-8-11-20(3)12-9-13-29(4)25(32)17-22-24(35-28(34)31-14-6-5-7-15-31)16-21-23(26(22)36-29)18-30-27(21)33/h10,12,16,25,32H,5-9,11,13-15,17-18H2,1-4H3,(H,30,33)/b20-12+/t25-,29+/m0/s1. The smallest absolute Gasteiger partial charge is 0.415 e. The summed E-state index contributed by atoms with van der Waals surface area (Å²) in [6.07, 6.45) is 10.1. The molecule has 3 heterocycles. The molecule has 1 saturated heterocycles. The number of benzene rings is 1. The van der Waals surface area contributed by atoms with E-state index in [-0.39, 0.29) is 5.91 Å². The van der Waals surface area contributed by atoms with Crippen LogP contribution in [0.15, 0.2) is 29.4 Å². The molecule has 196 valence electrons. The van der Waals surface area contributed by atoms with Gasteiger partial charge in [-0.15, -0.1) is 0 Å². The maximum atomic E-state index is 12.9. The van der Waals surface area contributed by atoms with Crippen LogP contribution in [0.2, 0.25) is 0 Å². The first-order valence-corrected chi connectivity index (χ1v) is 13.3. The zero-order valence-corrected chi connectivity index (χ0v) is 22.1. The molecule has 4 rings (SSSR count). The van der Waals surface area contributed by atoms with Crippen LogP contribution in [0.5, 0.6) is 11.5 Å². The van der Waals surface area contributed by atoms with Crippen molar-refractivity contribution in [3.05, 3.63) is 46.1 Å². The number of amides is 2. The number of aliphatic hydroxyl groups is 1. The number of hydrogen-bond donors (Lipinski definition) is 2. The predicted molar refractivity (Wildman–Crippen MR) is 139 cm³/mol. The fourth-order valence-electron chi connectivity index (χ4n) is 5.23. The molecule has 2 N–H and O–H groups in total. The van der Waals surface area contributed by atoms with Crippen molar-refractivity contribution in [1.29, 1.82) is 0 Å². The average Bonchev–Trinajstić information content (AvgIpc) is 3.21. The normalized spacial score (nSPS) is 23.4. The maximum Gasteiger partial charge on any atom is 0.415 e. The lowest BCUT2D eigenvalue weighted by Crippen LogP contribution is -2.49. The van der Waals surface area contributed by atoms with Crippen LogP contribution in [0.3, 0.4) is 0 Å². The zero-order chi connectivity index (χ0) is 25.9. The third-order valence-corrected chi connectivity index (χ3v) is 7.59. The topological polar surface area (TPSA) is 88.1 Å². The van der Waals surface area contributed by atoms with E-state index in [9.17, 15) is 14.7 Å². The summed E-state index contributed by atoms with van der Waals surface area (Å²) >= 11 is 0. The highest BCUT2D eigenvalue weighted by Gasteiger charge is 2.43. The molecule has 0 unspecified atom stereocenters. The molecule has 1 aromatic rings. The first-order chi connectivity index (χ1) is 17.2. The number of carbonyl (C=O) groups is 2. The van der Waals surface area contributed by atoms with Gasteiger partial charge in [-0.25, -0.2) is 4.79 Å². The first kappa shape index (κ1) is 26.3. The third kappa shape index (κ3) is 5.77. The van der Waals surface area contributed by atoms with E-state index >= 15 is 0 Å². The highest BCUT2D eigenvalue weighted by atomic mass is 16.6. The Hall–Kier alpha value is -2.80. The maximum absolute atomic E-state index is 12.9. The van der Waals surface area contributed by atoms with Gasteiger partial charge >= 0.3 is 6.09 Å². The number of nitrogens with one attached hydrogen (secondary N) is 1. The average molecular weight is 497 g/mol. The summed E-state index contributed by atoms with van der Waals surface area (Å²) in [6, 6.07) is 1.63. The molecule has 7 heteroatoms. The minimum Gasteiger partial charge on any atom is -0.484 e. The Morgan fingerprint density at radius 3 is 2.67 bits per heavy atom. The molecule has 0 aliphatic carbocycles. The van der Waals surface area contributed by atoms with Crippen LogP contribution >= 0.6 is 0 Å². The second-order valence-electron chi connectivity index (χ2n) is 10.9. The molecule has 36 heavy (non-hydrogen) atoms. The van der Waals surface area contributed by atoms with Gasteiger partial charge in [-0.2, -0.15) is 0 Å². The van der Waals surface area contributed by atoms with Gasteiger partial charge in [0.05, 0.1) is 11.7 Å². The Balaban J connectivity index is 1.53. The molecule has 2 amide bonds. The van der Waals surface area contributed by atoms with E-state index in [1.165, 1.54) is 11.1 Å². The van der Waals surface area contributed by atoms with Crippen LogP contribution in [0.1, 0.15) is 94.1 Å². The van der Waals surface area contributed by atoms with E-state index < -0.39 is 17.8 Å². The van der Waals surface area contributed by atoms with Crippen LogP contribution in [0, 0.1) is 0 Å². The molecule has 7 nitrogen and oxygen atoms in total. The fraction of sp³-hybridized carbons (Fsp3) is 0.586. The predicted octanol–water partition coefficient (Wildman–Crippen LogP) is 5.44. The van der Waals surface area contributed by atoms with Crippen molar-refractivity contribution < 1.29 is 24.2 Å². The van der Waals surface area contributed by atoms with Crippen LogP contribution in [-0.2, 0) is 13.0 Å². The van der Waals surface area contributed by atoms with Crippen LogP contribution in [-0.4, -0.2) is 46.8 Å². The largest absolute Gasteiger partial charge is 0.484 e. The van der Waals surface area contributed by atoms with Crippen molar-refractivity contribution in [1.82, 2.24) is 10.2 Å². The van der Waals surface area contributed by atoms with E-state index in [4.69, 9.17) is 9.47 Å². The minimum atomic E-state index is -0.807. The molecule has 0 aromatic heterocycles. The van der Waals surface area contributed by atoms with E-state index in [0.29, 0.717) is 55.1 Å². The Morgan fingerprint density at radius 1 is 1.19 bits per heavy atom. The molecular formula is C29H40N2O5. The van der Waals surface area contributed by atoms with Gasteiger partial charge in [0.1, 0.15) is 17.1 Å². The number of piperidine rings is 1. The Labute approximate surface area is 214 Å². The Bertz CT molecular complexity index is 1070. The molecule has 1 fully saturated rings. The summed E-state index contributed by atoms with van der Waals surface area (Å²) in [7, 11) is 0. The number of fused-ring (bicyclic) bond motifs is 3. The quantitative estimate of drug-likeness (QED) is 0.491. The van der Waals surface area contributed by atoms with Gasteiger partial charge in [-0.1, -0.05) is 23.3 Å². The lowest BCUT2D eigenvalue weighted by Gasteiger charge is -2.41. The second-order valence-corrected chi connectivity index (χ2v) is 10.9. The highest BCUT2D eigenvalue weighted by molar-refractivity contribution is 6.00. The number of aliphatic hydroxyl groups excluding tert-OH is 1. The van der Waals surface area contributed by atoms with Crippen molar-refractivity contribution in [2.24, 2.45) is 0 Å². The lowest BCUT2D eigenvalue weighted by molar-refractivity contribution is -0.0597. The van der Waals surface area contributed by atoms with E-state index in [1.54, 1.807) is 11.0 Å². The van der Waals surface area contributed by atoms with Crippen molar-refractivity contribution in [3.63, 3.8) is 0 Å².